The fraction of sp³-hybridized carbons (Fsp3) is 0.378. The zero-order chi connectivity index (χ0) is 34.4. The van der Waals surface area contributed by atoms with Crippen LogP contribution in [0.2, 0.25) is 0 Å². The summed E-state index contributed by atoms with van der Waals surface area (Å²) in [7, 11) is 0. The number of hydrogen-bond donors (Lipinski definition) is 5. The van der Waals surface area contributed by atoms with Crippen molar-refractivity contribution in [3.8, 4) is 0 Å². The summed E-state index contributed by atoms with van der Waals surface area (Å²) in [5, 5.41) is 14.2. The molecule has 0 fully saturated rings. The van der Waals surface area contributed by atoms with E-state index >= 15 is 0 Å². The van der Waals surface area contributed by atoms with Gasteiger partial charge in [-0.1, -0.05) is 72.8 Å². The number of benzene rings is 3. The van der Waals surface area contributed by atoms with Gasteiger partial charge >= 0.3 is 0 Å². The zero-order valence-electron chi connectivity index (χ0n) is 27.9. The predicted molar refractivity (Wildman–Crippen MR) is 184 cm³/mol. The molecule has 2 atom stereocenters. The highest BCUT2D eigenvalue weighted by Gasteiger charge is 2.12. The third-order valence-corrected chi connectivity index (χ3v) is 7.07. The Morgan fingerprint density at radius 2 is 1.04 bits per heavy atom. The van der Waals surface area contributed by atoms with Crippen LogP contribution in [0.5, 0.6) is 0 Å². The third kappa shape index (κ3) is 17.3. The summed E-state index contributed by atoms with van der Waals surface area (Å²) >= 11 is 0. The van der Waals surface area contributed by atoms with E-state index in [1.165, 1.54) is 13.8 Å². The van der Waals surface area contributed by atoms with E-state index in [2.05, 4.69) is 26.6 Å². The molecule has 5 amide bonds. The largest absolute Gasteiger partial charge is 0.356 e. The van der Waals surface area contributed by atoms with Crippen molar-refractivity contribution in [2.45, 2.75) is 71.9 Å². The van der Waals surface area contributed by atoms with Crippen LogP contribution in [0, 0.1) is 0 Å². The maximum absolute atomic E-state index is 12.2. The Kier molecular flexibility index (Phi) is 17.6. The molecule has 3 rings (SSSR count). The van der Waals surface area contributed by atoms with Crippen molar-refractivity contribution in [3.05, 3.63) is 107 Å². The summed E-state index contributed by atoms with van der Waals surface area (Å²) in [4.78, 5) is 57.6. The number of amides is 5. The van der Waals surface area contributed by atoms with Crippen molar-refractivity contribution in [2.24, 2.45) is 0 Å². The molecule has 5 N–H and O–H groups in total. The lowest BCUT2D eigenvalue weighted by molar-refractivity contribution is -0.122. The molecule has 0 aliphatic rings. The Bertz CT molecular complexity index is 1400. The first kappa shape index (κ1) is 38.2. The average molecular weight is 644 g/mol. The van der Waals surface area contributed by atoms with Gasteiger partial charge in [-0.2, -0.15) is 0 Å². The van der Waals surface area contributed by atoms with Crippen molar-refractivity contribution in [2.75, 3.05) is 19.6 Å². The average Bonchev–Trinajstić information content (AvgIpc) is 3.04. The Morgan fingerprint density at radius 1 is 0.574 bits per heavy atom. The lowest BCUT2D eigenvalue weighted by atomic mass is 10.0. The standard InChI is InChI=1S/C22H27N3O3.C15H22N2O2/c1-16(25-21(27)15-18-7-4-3-5-8-18)19-9-11-20(12-10-19)22(28)24-14-6-13-23-17(2)26;1-12(7-6-10-16-13(2)18)17-15(19)11-14-8-4-3-5-9-14/h3-5,7-12,16H,6,13-15H2,1-2H3,(H,23,26)(H,24,28)(H,25,27);3-5,8-9,12H,6-7,10-11H2,1-2H3,(H,16,18)(H,17,19). The van der Waals surface area contributed by atoms with Crippen molar-refractivity contribution in [3.63, 3.8) is 0 Å². The molecule has 3 aromatic rings. The molecule has 0 bridgehead atoms. The molecular formula is C37H49N5O5. The minimum absolute atomic E-state index is 0.0132. The Labute approximate surface area is 278 Å². The lowest BCUT2D eigenvalue weighted by Crippen LogP contribution is -2.34. The van der Waals surface area contributed by atoms with Crippen LogP contribution in [0.25, 0.3) is 0 Å². The molecule has 10 heteroatoms. The van der Waals surface area contributed by atoms with Gasteiger partial charge in [0, 0.05) is 45.1 Å². The van der Waals surface area contributed by atoms with Gasteiger partial charge in [0.25, 0.3) is 5.91 Å². The van der Waals surface area contributed by atoms with Crippen LogP contribution in [0.15, 0.2) is 84.9 Å². The highest BCUT2D eigenvalue weighted by molar-refractivity contribution is 5.94. The minimum Gasteiger partial charge on any atom is -0.356 e. The van der Waals surface area contributed by atoms with Gasteiger partial charge < -0.3 is 26.6 Å². The first-order valence-corrected chi connectivity index (χ1v) is 16.1. The van der Waals surface area contributed by atoms with E-state index in [1.807, 2.05) is 86.6 Å². The first-order chi connectivity index (χ1) is 22.5. The Hall–Kier alpha value is -4.99. The smallest absolute Gasteiger partial charge is 0.251 e. The molecule has 0 radical (unpaired) electrons. The maximum atomic E-state index is 12.2. The summed E-state index contributed by atoms with van der Waals surface area (Å²) in [5.74, 6) is -0.249. The molecule has 0 heterocycles. The monoisotopic (exact) mass is 643 g/mol. The van der Waals surface area contributed by atoms with Crippen molar-refractivity contribution >= 4 is 29.5 Å². The molecule has 47 heavy (non-hydrogen) atoms. The molecule has 0 aliphatic carbocycles. The van der Waals surface area contributed by atoms with E-state index < -0.39 is 0 Å². The highest BCUT2D eigenvalue weighted by atomic mass is 16.2. The second-order valence-corrected chi connectivity index (χ2v) is 11.4. The van der Waals surface area contributed by atoms with Crippen molar-refractivity contribution in [1.29, 1.82) is 0 Å². The summed E-state index contributed by atoms with van der Waals surface area (Å²) < 4.78 is 0. The van der Waals surface area contributed by atoms with Crippen molar-refractivity contribution < 1.29 is 24.0 Å². The summed E-state index contributed by atoms with van der Waals surface area (Å²) in [6.07, 6.45) is 3.15. The number of carbonyl (C=O) groups is 5. The molecule has 0 saturated carbocycles. The lowest BCUT2D eigenvalue weighted by Gasteiger charge is -2.15. The van der Waals surface area contributed by atoms with E-state index in [0.29, 0.717) is 44.5 Å². The molecule has 2 unspecified atom stereocenters. The molecule has 252 valence electrons. The number of hydrogen-bond acceptors (Lipinski definition) is 5. The van der Waals surface area contributed by atoms with E-state index in [-0.39, 0.29) is 41.6 Å². The zero-order valence-corrected chi connectivity index (χ0v) is 27.9. The fourth-order valence-electron chi connectivity index (χ4n) is 4.59. The molecule has 0 saturated heterocycles. The molecule has 0 aliphatic heterocycles. The Morgan fingerprint density at radius 3 is 1.55 bits per heavy atom. The maximum Gasteiger partial charge on any atom is 0.251 e. The number of carbonyl (C=O) groups excluding carboxylic acids is 5. The van der Waals surface area contributed by atoms with E-state index in [4.69, 9.17) is 0 Å². The van der Waals surface area contributed by atoms with Crippen LogP contribution < -0.4 is 26.6 Å². The van der Waals surface area contributed by atoms with Crippen LogP contribution in [0.1, 0.15) is 80.0 Å². The fourth-order valence-corrected chi connectivity index (χ4v) is 4.59. The normalized spacial score (nSPS) is 11.5. The predicted octanol–water partition coefficient (Wildman–Crippen LogP) is 4.01. The Balaban J connectivity index is 0.000000353. The molecule has 0 spiro atoms. The van der Waals surface area contributed by atoms with Gasteiger partial charge in [0.05, 0.1) is 18.9 Å². The molecule has 0 aromatic heterocycles. The van der Waals surface area contributed by atoms with E-state index in [0.717, 1.165) is 29.5 Å². The van der Waals surface area contributed by atoms with Gasteiger partial charge in [-0.15, -0.1) is 0 Å². The van der Waals surface area contributed by atoms with Crippen LogP contribution in [0.3, 0.4) is 0 Å². The van der Waals surface area contributed by atoms with Gasteiger partial charge in [-0.3, -0.25) is 24.0 Å². The van der Waals surface area contributed by atoms with Gasteiger partial charge in [0.15, 0.2) is 0 Å². The summed E-state index contributed by atoms with van der Waals surface area (Å²) in [6.45, 7) is 8.56. The van der Waals surface area contributed by atoms with Crippen LogP contribution in [-0.4, -0.2) is 55.2 Å². The summed E-state index contributed by atoms with van der Waals surface area (Å²) in [5.41, 5.74) is 3.48. The third-order valence-electron chi connectivity index (χ3n) is 7.07. The van der Waals surface area contributed by atoms with Gasteiger partial charge in [0.2, 0.25) is 23.6 Å². The number of rotatable bonds is 16. The van der Waals surface area contributed by atoms with E-state index in [9.17, 15) is 24.0 Å². The topological polar surface area (TPSA) is 146 Å². The molecule has 10 nitrogen and oxygen atoms in total. The quantitative estimate of drug-likeness (QED) is 0.150. The van der Waals surface area contributed by atoms with Gasteiger partial charge in [0.1, 0.15) is 0 Å². The van der Waals surface area contributed by atoms with Crippen LogP contribution >= 0.6 is 0 Å². The minimum atomic E-state index is -0.157. The first-order valence-electron chi connectivity index (χ1n) is 16.1. The SMILES string of the molecule is CC(=O)NCCCC(C)NC(=O)Cc1ccccc1.CC(=O)NCCCNC(=O)c1ccc(C(C)NC(=O)Cc2ccccc2)cc1. The second-order valence-electron chi connectivity index (χ2n) is 11.4. The van der Waals surface area contributed by atoms with Gasteiger partial charge in [-0.25, -0.2) is 0 Å². The molecular weight excluding hydrogens is 594 g/mol. The van der Waals surface area contributed by atoms with Gasteiger partial charge in [-0.05, 0) is 61.9 Å². The number of nitrogens with one attached hydrogen (secondary N) is 5. The van der Waals surface area contributed by atoms with Crippen LogP contribution in [-0.2, 0) is 32.0 Å². The highest BCUT2D eigenvalue weighted by Crippen LogP contribution is 2.14. The van der Waals surface area contributed by atoms with Crippen LogP contribution in [0.4, 0.5) is 0 Å². The van der Waals surface area contributed by atoms with E-state index in [1.54, 1.807) is 12.1 Å². The molecule has 3 aromatic carbocycles. The van der Waals surface area contributed by atoms with Crippen molar-refractivity contribution in [1.82, 2.24) is 26.6 Å². The summed E-state index contributed by atoms with van der Waals surface area (Å²) in [6, 6.07) is 26.5. The second kappa shape index (κ2) is 21.7.